The molecule has 0 fully saturated rings. The molecule has 3 rings (SSSR count). The molecule has 0 saturated heterocycles. The monoisotopic (exact) mass is 360 g/mol. The third-order valence-electron chi connectivity index (χ3n) is 4.54. The predicted molar refractivity (Wildman–Crippen MR) is 101 cm³/mol. The van der Waals surface area contributed by atoms with Crippen LogP contribution >= 0.6 is 0 Å². The molecule has 1 heterocycles. The van der Waals surface area contributed by atoms with Crippen molar-refractivity contribution in [2.75, 3.05) is 0 Å². The number of hydrogen-bond donors (Lipinski definition) is 1. The summed E-state index contributed by atoms with van der Waals surface area (Å²) in [7, 11) is 0. The lowest BCUT2D eigenvalue weighted by Crippen LogP contribution is -2.26. The number of nitriles is 1. The third kappa shape index (κ3) is 3.70. The summed E-state index contributed by atoms with van der Waals surface area (Å²) >= 11 is 0. The van der Waals surface area contributed by atoms with Gasteiger partial charge in [0, 0.05) is 0 Å². The van der Waals surface area contributed by atoms with Crippen molar-refractivity contribution in [3.8, 4) is 6.07 Å². The van der Waals surface area contributed by atoms with Crippen LogP contribution in [0.3, 0.4) is 0 Å². The summed E-state index contributed by atoms with van der Waals surface area (Å²) in [5, 5.41) is 9.64. The number of nitrogens with two attached hydrogens (primary N) is 1. The number of esters is 1. The molecule has 2 aromatic rings. The smallest absolute Gasteiger partial charge is 0.338 e. The van der Waals surface area contributed by atoms with E-state index in [4.69, 9.17) is 15.2 Å². The van der Waals surface area contributed by atoms with Crippen LogP contribution in [-0.4, -0.2) is 5.97 Å². The molecular formula is C22H20N2O3. The molecule has 0 aromatic heterocycles. The molecular weight excluding hydrogens is 340 g/mol. The summed E-state index contributed by atoms with van der Waals surface area (Å²) in [6, 6.07) is 19.1. The van der Waals surface area contributed by atoms with Crippen LogP contribution in [0, 0.1) is 18.3 Å². The van der Waals surface area contributed by atoms with Crippen molar-refractivity contribution in [2.24, 2.45) is 5.73 Å². The molecule has 0 bridgehead atoms. The van der Waals surface area contributed by atoms with E-state index in [9.17, 15) is 10.1 Å². The van der Waals surface area contributed by atoms with E-state index in [1.165, 1.54) is 0 Å². The lowest BCUT2D eigenvalue weighted by atomic mass is 9.81. The van der Waals surface area contributed by atoms with Crippen molar-refractivity contribution in [3.63, 3.8) is 0 Å². The zero-order chi connectivity index (χ0) is 19.4. The fourth-order valence-corrected chi connectivity index (χ4v) is 3.17. The average Bonchev–Trinajstić information content (AvgIpc) is 2.67. The highest BCUT2D eigenvalue weighted by Crippen LogP contribution is 2.40. The Morgan fingerprint density at radius 2 is 1.81 bits per heavy atom. The normalized spacial score (nSPS) is 16.6. The van der Waals surface area contributed by atoms with E-state index in [0.717, 1.165) is 16.7 Å². The van der Waals surface area contributed by atoms with Gasteiger partial charge in [0.05, 0.1) is 11.5 Å². The summed E-state index contributed by atoms with van der Waals surface area (Å²) < 4.78 is 11.0. The van der Waals surface area contributed by atoms with Crippen LogP contribution < -0.4 is 5.73 Å². The molecule has 27 heavy (non-hydrogen) atoms. The fourth-order valence-electron chi connectivity index (χ4n) is 3.17. The Morgan fingerprint density at radius 3 is 2.48 bits per heavy atom. The topological polar surface area (TPSA) is 85.3 Å². The van der Waals surface area contributed by atoms with Gasteiger partial charge in [-0.05, 0) is 30.5 Å². The van der Waals surface area contributed by atoms with Crippen LogP contribution in [0.5, 0.6) is 0 Å². The van der Waals surface area contributed by atoms with Gasteiger partial charge in [-0.3, -0.25) is 0 Å². The number of ether oxygens (including phenoxy) is 2. The second-order valence-corrected chi connectivity index (χ2v) is 6.31. The lowest BCUT2D eigenvalue weighted by molar-refractivity contribution is -0.140. The van der Waals surface area contributed by atoms with Gasteiger partial charge in [-0.15, -0.1) is 0 Å². The van der Waals surface area contributed by atoms with Gasteiger partial charge in [0.25, 0.3) is 0 Å². The number of hydrogen-bond acceptors (Lipinski definition) is 5. The first-order valence-electron chi connectivity index (χ1n) is 8.58. The zero-order valence-corrected chi connectivity index (χ0v) is 15.2. The van der Waals surface area contributed by atoms with Crippen LogP contribution in [0.25, 0.3) is 0 Å². The largest absolute Gasteiger partial charge is 0.457 e. The van der Waals surface area contributed by atoms with Crippen molar-refractivity contribution < 1.29 is 14.3 Å². The Balaban J connectivity index is 1.98. The maximum Gasteiger partial charge on any atom is 0.338 e. The van der Waals surface area contributed by atoms with E-state index in [2.05, 4.69) is 6.07 Å². The Kier molecular flexibility index (Phi) is 5.28. The molecule has 5 heteroatoms. The van der Waals surface area contributed by atoms with Gasteiger partial charge in [0.2, 0.25) is 5.88 Å². The molecule has 1 atom stereocenters. The molecule has 1 aliphatic rings. The van der Waals surface area contributed by atoms with Gasteiger partial charge in [-0.25, -0.2) is 4.79 Å². The van der Waals surface area contributed by atoms with E-state index in [-0.39, 0.29) is 18.1 Å². The fraction of sp³-hybridized carbons (Fsp3) is 0.182. The van der Waals surface area contributed by atoms with Gasteiger partial charge >= 0.3 is 5.97 Å². The van der Waals surface area contributed by atoms with Crippen molar-refractivity contribution in [2.45, 2.75) is 26.4 Å². The van der Waals surface area contributed by atoms with Crippen LogP contribution in [0.1, 0.15) is 29.5 Å². The first kappa shape index (κ1) is 18.3. The summed E-state index contributed by atoms with van der Waals surface area (Å²) in [5.74, 6) is -0.779. The van der Waals surface area contributed by atoms with Crippen LogP contribution in [0.2, 0.25) is 0 Å². The second-order valence-electron chi connectivity index (χ2n) is 6.31. The maximum absolute atomic E-state index is 12.9. The minimum Gasteiger partial charge on any atom is -0.457 e. The molecule has 0 unspecified atom stereocenters. The van der Waals surface area contributed by atoms with E-state index in [1.54, 1.807) is 6.92 Å². The maximum atomic E-state index is 12.9. The molecule has 2 aromatic carbocycles. The third-order valence-corrected chi connectivity index (χ3v) is 4.54. The van der Waals surface area contributed by atoms with Gasteiger partial charge in [-0.2, -0.15) is 5.26 Å². The number of nitrogens with zero attached hydrogens (tertiary/aromatic N) is 1. The summed E-state index contributed by atoms with van der Waals surface area (Å²) in [5.41, 5.74) is 9.09. The van der Waals surface area contributed by atoms with E-state index in [1.807, 2.05) is 61.5 Å². The standard InChI is InChI=1S/C22H20N2O3/c1-14-8-6-7-11-17(14)20-18(12-23)21(24)27-15(2)19(20)22(25)26-13-16-9-4-3-5-10-16/h3-11,20H,13,24H2,1-2H3/t20-/m1/s1. The van der Waals surface area contributed by atoms with Crippen molar-refractivity contribution in [1.29, 1.82) is 5.26 Å². The van der Waals surface area contributed by atoms with Crippen molar-refractivity contribution >= 4 is 5.97 Å². The van der Waals surface area contributed by atoms with E-state index in [0.29, 0.717) is 11.3 Å². The molecule has 0 radical (unpaired) electrons. The summed E-state index contributed by atoms with van der Waals surface area (Å²) in [6.45, 7) is 3.72. The molecule has 1 aliphatic heterocycles. The molecule has 136 valence electrons. The van der Waals surface area contributed by atoms with Gasteiger partial charge in [-0.1, -0.05) is 54.6 Å². The average molecular weight is 360 g/mol. The highest BCUT2D eigenvalue weighted by molar-refractivity contribution is 5.92. The van der Waals surface area contributed by atoms with E-state index < -0.39 is 11.9 Å². The summed E-state index contributed by atoms with van der Waals surface area (Å²) in [4.78, 5) is 12.9. The molecule has 5 nitrogen and oxygen atoms in total. The second kappa shape index (κ2) is 7.79. The van der Waals surface area contributed by atoms with Gasteiger partial charge in [0.15, 0.2) is 0 Å². The number of benzene rings is 2. The zero-order valence-electron chi connectivity index (χ0n) is 15.2. The van der Waals surface area contributed by atoms with Gasteiger partial charge in [0.1, 0.15) is 24.0 Å². The van der Waals surface area contributed by atoms with Crippen molar-refractivity contribution in [1.82, 2.24) is 0 Å². The lowest BCUT2D eigenvalue weighted by Gasteiger charge is -2.27. The molecule has 0 spiro atoms. The first-order chi connectivity index (χ1) is 13.0. The minimum atomic E-state index is -0.617. The number of rotatable bonds is 4. The Morgan fingerprint density at radius 1 is 1.15 bits per heavy atom. The summed E-state index contributed by atoms with van der Waals surface area (Å²) in [6.07, 6.45) is 0. The number of carbonyl (C=O) groups is 1. The number of carbonyl (C=O) groups excluding carboxylic acids is 1. The number of aryl methyl sites for hydroxylation is 1. The molecule has 0 saturated carbocycles. The Labute approximate surface area is 158 Å². The van der Waals surface area contributed by atoms with E-state index >= 15 is 0 Å². The van der Waals surface area contributed by atoms with Crippen molar-refractivity contribution in [3.05, 3.63) is 94.1 Å². The molecule has 0 amide bonds. The first-order valence-corrected chi connectivity index (χ1v) is 8.58. The highest BCUT2D eigenvalue weighted by atomic mass is 16.5. The Bertz CT molecular complexity index is 969. The van der Waals surface area contributed by atoms with Gasteiger partial charge < -0.3 is 15.2 Å². The predicted octanol–water partition coefficient (Wildman–Crippen LogP) is 3.82. The molecule has 0 aliphatic carbocycles. The number of allylic oxidation sites excluding steroid dienone is 2. The molecule has 2 N–H and O–H groups in total. The quantitative estimate of drug-likeness (QED) is 0.838. The van der Waals surface area contributed by atoms with Crippen LogP contribution in [-0.2, 0) is 20.9 Å². The van der Waals surface area contributed by atoms with Crippen LogP contribution in [0.4, 0.5) is 0 Å². The SMILES string of the molecule is CC1=C(C(=O)OCc2ccccc2)[C@H](c2ccccc2C)C(C#N)=C(N)O1. The highest BCUT2D eigenvalue weighted by Gasteiger charge is 2.36. The van der Waals surface area contributed by atoms with Crippen LogP contribution in [0.15, 0.2) is 77.4 Å². The Hall–Kier alpha value is -3.52. The minimum absolute atomic E-state index is 0.0165.